The lowest BCUT2D eigenvalue weighted by Gasteiger charge is -2.32. The van der Waals surface area contributed by atoms with Crippen LogP contribution in [0, 0.1) is 12.8 Å². The van der Waals surface area contributed by atoms with Gasteiger partial charge in [-0.1, -0.05) is 29.8 Å². The van der Waals surface area contributed by atoms with Crippen LogP contribution < -0.4 is 15.1 Å². The molecule has 2 aromatic rings. The number of benzene rings is 2. The molecule has 2 fully saturated rings. The summed E-state index contributed by atoms with van der Waals surface area (Å²) in [6.45, 7) is 5.38. The monoisotopic (exact) mass is 379 g/mol. The van der Waals surface area contributed by atoms with Gasteiger partial charge >= 0.3 is 0 Å². The van der Waals surface area contributed by atoms with Crippen molar-refractivity contribution >= 4 is 28.9 Å². The zero-order valence-electron chi connectivity index (χ0n) is 16.1. The molecule has 1 unspecified atom stereocenters. The van der Waals surface area contributed by atoms with Gasteiger partial charge in [0.25, 0.3) is 0 Å². The number of hydrogen-bond donors (Lipinski definition) is 1. The van der Waals surface area contributed by atoms with E-state index < -0.39 is 0 Å². The van der Waals surface area contributed by atoms with E-state index in [9.17, 15) is 9.59 Å². The van der Waals surface area contributed by atoms with Crippen molar-refractivity contribution in [1.82, 2.24) is 0 Å². The maximum absolute atomic E-state index is 12.7. The smallest absolute Gasteiger partial charge is 0.229 e. The standard InChI is InChI=1S/C22H25N3O3/c1-16-6-8-18(9-7-16)23-22(27)17-14-21(26)25(15-17)20-5-3-2-4-19(20)24-10-12-28-13-11-24/h2-9,17H,10-15H2,1H3,(H,23,27). The minimum absolute atomic E-state index is 0.00948. The van der Waals surface area contributed by atoms with E-state index in [0.717, 1.165) is 35.7 Å². The second-order valence-corrected chi connectivity index (χ2v) is 7.35. The van der Waals surface area contributed by atoms with Crippen LogP contribution in [0.25, 0.3) is 0 Å². The first-order valence-electron chi connectivity index (χ1n) is 9.71. The number of morpholine rings is 1. The molecule has 4 rings (SSSR count). The van der Waals surface area contributed by atoms with E-state index >= 15 is 0 Å². The van der Waals surface area contributed by atoms with Crippen molar-refractivity contribution in [1.29, 1.82) is 0 Å². The number of carbonyl (C=O) groups excluding carboxylic acids is 2. The summed E-state index contributed by atoms with van der Waals surface area (Å²) in [5.74, 6) is -0.472. The molecule has 6 nitrogen and oxygen atoms in total. The molecule has 0 spiro atoms. The summed E-state index contributed by atoms with van der Waals surface area (Å²) in [7, 11) is 0. The van der Waals surface area contributed by atoms with Gasteiger partial charge in [-0.2, -0.15) is 0 Å². The Balaban J connectivity index is 1.49. The number of aryl methyl sites for hydroxylation is 1. The quantitative estimate of drug-likeness (QED) is 0.887. The number of amides is 2. The maximum atomic E-state index is 12.7. The Morgan fingerprint density at radius 1 is 1.04 bits per heavy atom. The normalized spacial score (nSPS) is 19.8. The lowest BCUT2D eigenvalue weighted by molar-refractivity contribution is -0.122. The van der Waals surface area contributed by atoms with Gasteiger partial charge in [0.15, 0.2) is 0 Å². The van der Waals surface area contributed by atoms with E-state index in [1.54, 1.807) is 4.90 Å². The van der Waals surface area contributed by atoms with Crippen molar-refractivity contribution in [3.8, 4) is 0 Å². The van der Waals surface area contributed by atoms with Crippen LogP contribution in [0.3, 0.4) is 0 Å². The average Bonchev–Trinajstić information content (AvgIpc) is 3.12. The van der Waals surface area contributed by atoms with Gasteiger partial charge < -0.3 is 19.9 Å². The van der Waals surface area contributed by atoms with E-state index in [1.807, 2.05) is 55.5 Å². The number of carbonyl (C=O) groups is 2. The minimum atomic E-state index is -0.355. The Morgan fingerprint density at radius 3 is 2.43 bits per heavy atom. The Bertz CT molecular complexity index is 860. The molecule has 1 N–H and O–H groups in total. The Morgan fingerprint density at radius 2 is 1.71 bits per heavy atom. The van der Waals surface area contributed by atoms with Crippen molar-refractivity contribution in [2.75, 3.05) is 48.0 Å². The Labute approximate surface area is 165 Å². The van der Waals surface area contributed by atoms with Crippen LogP contribution in [0.15, 0.2) is 48.5 Å². The summed E-state index contributed by atoms with van der Waals surface area (Å²) in [4.78, 5) is 29.4. The zero-order valence-corrected chi connectivity index (χ0v) is 16.1. The highest BCUT2D eigenvalue weighted by molar-refractivity contribution is 6.05. The molecular formula is C22H25N3O3. The van der Waals surface area contributed by atoms with E-state index in [-0.39, 0.29) is 24.2 Å². The Hall–Kier alpha value is -2.86. The van der Waals surface area contributed by atoms with Gasteiger partial charge in [0.05, 0.1) is 30.5 Å². The summed E-state index contributed by atoms with van der Waals surface area (Å²) < 4.78 is 5.44. The van der Waals surface area contributed by atoms with Gasteiger partial charge in [-0.25, -0.2) is 0 Å². The highest BCUT2D eigenvalue weighted by Crippen LogP contribution is 2.34. The summed E-state index contributed by atoms with van der Waals surface area (Å²) in [6, 6.07) is 15.6. The third kappa shape index (κ3) is 3.87. The maximum Gasteiger partial charge on any atom is 0.229 e. The minimum Gasteiger partial charge on any atom is -0.378 e. The largest absolute Gasteiger partial charge is 0.378 e. The highest BCUT2D eigenvalue weighted by atomic mass is 16.5. The van der Waals surface area contributed by atoms with Crippen LogP contribution in [0.4, 0.5) is 17.1 Å². The van der Waals surface area contributed by atoms with Gasteiger partial charge in [-0.05, 0) is 31.2 Å². The van der Waals surface area contributed by atoms with Crippen molar-refractivity contribution in [3.05, 3.63) is 54.1 Å². The number of anilines is 3. The topological polar surface area (TPSA) is 61.9 Å². The van der Waals surface area contributed by atoms with Crippen LogP contribution in [-0.4, -0.2) is 44.7 Å². The first kappa shape index (κ1) is 18.5. The second kappa shape index (κ2) is 8.02. The molecule has 0 radical (unpaired) electrons. The van der Waals surface area contributed by atoms with Gasteiger partial charge in [0.2, 0.25) is 11.8 Å². The lowest BCUT2D eigenvalue weighted by Crippen LogP contribution is -2.38. The molecular weight excluding hydrogens is 354 g/mol. The van der Waals surface area contributed by atoms with Gasteiger partial charge in [0.1, 0.15) is 0 Å². The summed E-state index contributed by atoms with van der Waals surface area (Å²) in [6.07, 6.45) is 0.231. The molecule has 2 heterocycles. The molecule has 28 heavy (non-hydrogen) atoms. The second-order valence-electron chi connectivity index (χ2n) is 7.35. The number of hydrogen-bond acceptors (Lipinski definition) is 4. The molecule has 2 amide bonds. The van der Waals surface area contributed by atoms with Crippen molar-refractivity contribution < 1.29 is 14.3 Å². The van der Waals surface area contributed by atoms with E-state index in [1.165, 1.54) is 0 Å². The van der Waals surface area contributed by atoms with E-state index in [2.05, 4.69) is 10.2 Å². The van der Waals surface area contributed by atoms with Crippen LogP contribution in [-0.2, 0) is 14.3 Å². The molecule has 2 aromatic carbocycles. The van der Waals surface area contributed by atoms with E-state index in [4.69, 9.17) is 4.74 Å². The first-order valence-corrected chi connectivity index (χ1v) is 9.71. The molecule has 0 aliphatic carbocycles. The molecule has 1 atom stereocenters. The van der Waals surface area contributed by atoms with Gasteiger partial charge in [-0.3, -0.25) is 9.59 Å². The van der Waals surface area contributed by atoms with Gasteiger partial charge in [0, 0.05) is 31.7 Å². The fourth-order valence-electron chi connectivity index (χ4n) is 3.76. The van der Waals surface area contributed by atoms with Crippen LogP contribution in [0.1, 0.15) is 12.0 Å². The van der Waals surface area contributed by atoms with Crippen LogP contribution in [0.2, 0.25) is 0 Å². The first-order chi connectivity index (χ1) is 13.6. The SMILES string of the molecule is Cc1ccc(NC(=O)C2CC(=O)N(c3ccccc3N3CCOCC3)C2)cc1. The number of para-hydroxylation sites is 2. The van der Waals surface area contributed by atoms with Crippen LogP contribution >= 0.6 is 0 Å². The number of ether oxygens (including phenoxy) is 1. The molecule has 146 valence electrons. The highest BCUT2D eigenvalue weighted by Gasteiger charge is 2.36. The summed E-state index contributed by atoms with van der Waals surface area (Å²) >= 11 is 0. The van der Waals surface area contributed by atoms with Crippen molar-refractivity contribution in [3.63, 3.8) is 0 Å². The van der Waals surface area contributed by atoms with Crippen LogP contribution in [0.5, 0.6) is 0 Å². The predicted molar refractivity (Wildman–Crippen MR) is 110 cm³/mol. The fraction of sp³-hybridized carbons (Fsp3) is 0.364. The molecule has 2 aliphatic rings. The van der Waals surface area contributed by atoms with Crippen molar-refractivity contribution in [2.24, 2.45) is 5.92 Å². The molecule has 0 aromatic heterocycles. The molecule has 2 aliphatic heterocycles. The lowest BCUT2D eigenvalue weighted by atomic mass is 10.1. The summed E-state index contributed by atoms with van der Waals surface area (Å²) in [5, 5.41) is 2.94. The molecule has 2 saturated heterocycles. The third-order valence-electron chi connectivity index (χ3n) is 5.34. The molecule has 6 heteroatoms. The molecule has 0 bridgehead atoms. The number of nitrogens with zero attached hydrogens (tertiary/aromatic N) is 2. The van der Waals surface area contributed by atoms with Gasteiger partial charge in [-0.15, -0.1) is 0 Å². The predicted octanol–water partition coefficient (Wildman–Crippen LogP) is 2.82. The van der Waals surface area contributed by atoms with E-state index in [0.29, 0.717) is 19.8 Å². The Kier molecular flexibility index (Phi) is 5.30. The average molecular weight is 379 g/mol. The van der Waals surface area contributed by atoms with Crippen molar-refractivity contribution in [2.45, 2.75) is 13.3 Å². The third-order valence-corrected chi connectivity index (χ3v) is 5.34. The number of rotatable bonds is 4. The fourth-order valence-corrected chi connectivity index (χ4v) is 3.76. The number of nitrogens with one attached hydrogen (secondary N) is 1. The zero-order chi connectivity index (χ0) is 19.5. The molecule has 0 saturated carbocycles. The summed E-state index contributed by atoms with van der Waals surface area (Å²) in [5.41, 5.74) is 3.80.